The van der Waals surface area contributed by atoms with E-state index >= 15 is 0 Å². The van der Waals surface area contributed by atoms with Crippen molar-refractivity contribution < 1.29 is 33.5 Å². The van der Waals surface area contributed by atoms with Gasteiger partial charge in [0, 0.05) is 6.61 Å². The maximum atomic E-state index is 10.9. The molecule has 0 amide bonds. The SMILES string of the molecule is CCO[C@@]1(CO)O[C@H](COCc2ccccc2)[C@@H](OCc2ccccc2)[C@H](OCc2ccccc2)[C@H]1OCc1ccccc1. The molecule has 1 heterocycles. The summed E-state index contributed by atoms with van der Waals surface area (Å²) in [5.41, 5.74) is 4.05. The van der Waals surface area contributed by atoms with E-state index in [2.05, 4.69) is 0 Å². The number of hydrogen-bond acceptors (Lipinski definition) is 7. The van der Waals surface area contributed by atoms with E-state index in [1.807, 2.05) is 128 Å². The van der Waals surface area contributed by atoms with Gasteiger partial charge in [-0.15, -0.1) is 0 Å². The van der Waals surface area contributed by atoms with Gasteiger partial charge in [0.15, 0.2) is 0 Å². The molecule has 1 N–H and O–H groups in total. The first-order valence-electron chi connectivity index (χ1n) is 15.2. The van der Waals surface area contributed by atoms with Crippen LogP contribution in [0.5, 0.6) is 0 Å². The Hall–Kier alpha value is -3.40. The van der Waals surface area contributed by atoms with Crippen LogP contribution in [0.15, 0.2) is 121 Å². The number of benzene rings is 4. The minimum atomic E-state index is -1.50. The Bertz CT molecular complexity index is 1340. The van der Waals surface area contributed by atoms with Gasteiger partial charge in [-0.2, -0.15) is 0 Å². The van der Waals surface area contributed by atoms with Crippen molar-refractivity contribution in [1.29, 1.82) is 0 Å². The molecule has 0 aromatic heterocycles. The van der Waals surface area contributed by atoms with Crippen LogP contribution in [0.3, 0.4) is 0 Å². The van der Waals surface area contributed by atoms with E-state index < -0.39 is 36.8 Å². The summed E-state index contributed by atoms with van der Waals surface area (Å²) < 4.78 is 39.0. The molecule has 4 aromatic carbocycles. The molecular formula is C37H42O7. The van der Waals surface area contributed by atoms with Gasteiger partial charge in [0.25, 0.3) is 0 Å². The first kappa shape index (κ1) is 32.0. The minimum Gasteiger partial charge on any atom is -0.391 e. The van der Waals surface area contributed by atoms with Crippen molar-refractivity contribution in [2.75, 3.05) is 19.8 Å². The van der Waals surface area contributed by atoms with Crippen LogP contribution < -0.4 is 0 Å². The van der Waals surface area contributed by atoms with Gasteiger partial charge in [-0.3, -0.25) is 0 Å². The lowest BCUT2D eigenvalue weighted by Gasteiger charge is -2.51. The van der Waals surface area contributed by atoms with Crippen LogP contribution in [-0.4, -0.2) is 55.1 Å². The number of ether oxygens (including phenoxy) is 6. The molecule has 44 heavy (non-hydrogen) atoms. The van der Waals surface area contributed by atoms with Crippen molar-refractivity contribution in [2.45, 2.75) is 63.6 Å². The molecule has 1 fully saturated rings. The maximum Gasteiger partial charge on any atom is 0.221 e. The predicted molar refractivity (Wildman–Crippen MR) is 167 cm³/mol. The Labute approximate surface area is 260 Å². The second kappa shape index (κ2) is 16.6. The second-order valence-electron chi connectivity index (χ2n) is 10.8. The lowest BCUT2D eigenvalue weighted by Crippen LogP contribution is -2.69. The van der Waals surface area contributed by atoms with E-state index in [9.17, 15) is 5.11 Å². The second-order valence-corrected chi connectivity index (χ2v) is 10.8. The van der Waals surface area contributed by atoms with Crippen molar-refractivity contribution in [3.8, 4) is 0 Å². The molecule has 0 aliphatic carbocycles. The van der Waals surface area contributed by atoms with Crippen LogP contribution in [-0.2, 0) is 54.8 Å². The minimum absolute atomic E-state index is 0.194. The zero-order chi connectivity index (χ0) is 30.5. The molecule has 5 rings (SSSR count). The summed E-state index contributed by atoms with van der Waals surface area (Å²) >= 11 is 0. The van der Waals surface area contributed by atoms with Crippen molar-refractivity contribution in [1.82, 2.24) is 0 Å². The molecule has 1 aliphatic heterocycles. The summed E-state index contributed by atoms with van der Waals surface area (Å²) in [6.07, 6.45) is -2.71. The van der Waals surface area contributed by atoms with E-state index in [1.54, 1.807) is 0 Å². The van der Waals surface area contributed by atoms with Gasteiger partial charge in [-0.25, -0.2) is 0 Å². The Morgan fingerprint density at radius 1 is 0.591 bits per heavy atom. The van der Waals surface area contributed by atoms with E-state index in [0.29, 0.717) is 26.4 Å². The third-order valence-corrected chi connectivity index (χ3v) is 7.62. The highest BCUT2D eigenvalue weighted by molar-refractivity contribution is 5.17. The average Bonchev–Trinajstić information content (AvgIpc) is 3.08. The molecule has 0 spiro atoms. The van der Waals surface area contributed by atoms with E-state index in [0.717, 1.165) is 22.3 Å². The molecule has 1 aliphatic rings. The van der Waals surface area contributed by atoms with Crippen molar-refractivity contribution >= 4 is 0 Å². The zero-order valence-corrected chi connectivity index (χ0v) is 25.2. The van der Waals surface area contributed by atoms with Crippen molar-refractivity contribution in [3.05, 3.63) is 144 Å². The fourth-order valence-corrected chi connectivity index (χ4v) is 5.45. The highest BCUT2D eigenvalue weighted by Gasteiger charge is 2.57. The number of aliphatic hydroxyl groups is 1. The van der Waals surface area contributed by atoms with Gasteiger partial charge >= 0.3 is 0 Å². The van der Waals surface area contributed by atoms with Gasteiger partial charge in [0.05, 0.1) is 33.0 Å². The van der Waals surface area contributed by atoms with Gasteiger partial charge in [0.1, 0.15) is 31.0 Å². The van der Waals surface area contributed by atoms with Crippen LogP contribution in [0.25, 0.3) is 0 Å². The molecule has 0 bridgehead atoms. The van der Waals surface area contributed by atoms with E-state index in [4.69, 9.17) is 28.4 Å². The van der Waals surface area contributed by atoms with Gasteiger partial charge in [0.2, 0.25) is 5.79 Å². The molecule has 7 nitrogen and oxygen atoms in total. The first-order valence-corrected chi connectivity index (χ1v) is 15.2. The maximum absolute atomic E-state index is 10.9. The summed E-state index contributed by atoms with van der Waals surface area (Å²) in [6, 6.07) is 39.8. The molecule has 1 saturated heterocycles. The molecular weight excluding hydrogens is 556 g/mol. The summed E-state index contributed by atoms with van der Waals surface area (Å²) in [6.45, 7) is 3.24. The third kappa shape index (κ3) is 8.61. The van der Waals surface area contributed by atoms with Gasteiger partial charge < -0.3 is 33.5 Å². The summed E-state index contributed by atoms with van der Waals surface area (Å²) in [5.74, 6) is -1.50. The fourth-order valence-electron chi connectivity index (χ4n) is 5.45. The van der Waals surface area contributed by atoms with Crippen LogP contribution in [0.4, 0.5) is 0 Å². The van der Waals surface area contributed by atoms with Crippen LogP contribution in [0, 0.1) is 0 Å². The number of aliphatic hydroxyl groups excluding tert-OH is 1. The average molecular weight is 599 g/mol. The molecule has 0 saturated carbocycles. The summed E-state index contributed by atoms with van der Waals surface area (Å²) in [4.78, 5) is 0. The first-order chi connectivity index (χ1) is 21.7. The Morgan fingerprint density at radius 2 is 1.02 bits per heavy atom. The largest absolute Gasteiger partial charge is 0.391 e. The molecule has 232 valence electrons. The Balaban J connectivity index is 1.47. The summed E-state index contributed by atoms with van der Waals surface area (Å²) in [5, 5.41) is 10.9. The lowest BCUT2D eigenvalue weighted by molar-refractivity contribution is -0.389. The normalized spacial score (nSPS) is 23.4. The van der Waals surface area contributed by atoms with Gasteiger partial charge in [-0.1, -0.05) is 121 Å². The lowest BCUT2D eigenvalue weighted by atomic mass is 9.91. The molecule has 5 atom stereocenters. The topological polar surface area (TPSA) is 75.6 Å². The van der Waals surface area contributed by atoms with Crippen LogP contribution >= 0.6 is 0 Å². The molecule has 0 radical (unpaired) electrons. The molecule has 7 heteroatoms. The standard InChI is InChI=1S/C37H42O7/c1-2-43-37(28-38)36(42-26-32-21-13-6-14-22-32)35(41-25-31-19-11-5-12-20-31)34(40-24-30-17-9-4-10-18-30)33(44-37)27-39-23-29-15-7-3-8-16-29/h3-22,33-36,38H,2,23-28H2,1H3/t33-,34-,35+,36-,37+/m1/s1. The van der Waals surface area contributed by atoms with Crippen molar-refractivity contribution in [3.63, 3.8) is 0 Å². The molecule has 0 unspecified atom stereocenters. The van der Waals surface area contributed by atoms with Crippen molar-refractivity contribution in [2.24, 2.45) is 0 Å². The monoisotopic (exact) mass is 598 g/mol. The van der Waals surface area contributed by atoms with Crippen LogP contribution in [0.2, 0.25) is 0 Å². The Kier molecular flexibility index (Phi) is 12.1. The highest BCUT2D eigenvalue weighted by Crippen LogP contribution is 2.38. The smallest absolute Gasteiger partial charge is 0.221 e. The fraction of sp³-hybridized carbons (Fsp3) is 0.351. The van der Waals surface area contributed by atoms with Gasteiger partial charge in [-0.05, 0) is 29.2 Å². The Morgan fingerprint density at radius 3 is 1.48 bits per heavy atom. The molecule has 4 aromatic rings. The predicted octanol–water partition coefficient (Wildman–Crippen LogP) is 6.08. The van der Waals surface area contributed by atoms with Crippen LogP contribution in [0.1, 0.15) is 29.2 Å². The number of rotatable bonds is 16. The summed E-state index contributed by atoms with van der Waals surface area (Å²) in [7, 11) is 0. The third-order valence-electron chi connectivity index (χ3n) is 7.62. The van der Waals surface area contributed by atoms with E-state index in [-0.39, 0.29) is 13.2 Å². The zero-order valence-electron chi connectivity index (χ0n) is 25.2. The van der Waals surface area contributed by atoms with E-state index in [1.165, 1.54) is 0 Å². The highest BCUT2D eigenvalue weighted by atomic mass is 16.7. The number of hydrogen-bond donors (Lipinski definition) is 1. The quantitative estimate of drug-likeness (QED) is 0.168.